The second kappa shape index (κ2) is 17.1. The van der Waals surface area contributed by atoms with Gasteiger partial charge in [-0.15, -0.1) is 0 Å². The van der Waals surface area contributed by atoms with Gasteiger partial charge in [-0.1, -0.05) is 35.6 Å². The molecule has 0 bridgehead atoms. The van der Waals surface area contributed by atoms with E-state index in [1.165, 1.54) is 48.0 Å². The number of aryl methyl sites for hydroxylation is 6. The molecule has 19 nitrogen and oxygen atoms in total. The van der Waals surface area contributed by atoms with Gasteiger partial charge in [-0.3, -0.25) is 9.13 Å². The summed E-state index contributed by atoms with van der Waals surface area (Å²) in [5.74, 6) is 3.32. The zero-order valence-corrected chi connectivity index (χ0v) is 44.9. The minimum Gasteiger partial charge on any atom is -0.400 e. The lowest BCUT2D eigenvalue weighted by atomic mass is 10.2. The number of pyridine rings is 8. The normalized spacial score (nSPS) is 15.1. The Morgan fingerprint density at radius 2 is 0.817 bits per heavy atom. The van der Waals surface area contributed by atoms with Gasteiger partial charge in [0.1, 0.15) is 29.3 Å². The average molecular weight is 1100 g/mol. The van der Waals surface area contributed by atoms with Gasteiger partial charge in [0.15, 0.2) is 27.9 Å². The van der Waals surface area contributed by atoms with Crippen LogP contribution >= 0.6 is 11.3 Å². The van der Waals surface area contributed by atoms with Crippen molar-refractivity contribution in [3.63, 3.8) is 0 Å². The van der Waals surface area contributed by atoms with Crippen molar-refractivity contribution in [1.29, 1.82) is 0 Å². The highest BCUT2D eigenvalue weighted by molar-refractivity contribution is 7.24. The van der Waals surface area contributed by atoms with Crippen molar-refractivity contribution >= 4 is 98.6 Å². The molecule has 0 N–H and O–H groups in total. The van der Waals surface area contributed by atoms with Crippen molar-refractivity contribution in [3.05, 3.63) is 169 Å². The smallest absolute Gasteiger partial charge is 0.341 e. The maximum Gasteiger partial charge on any atom is 0.341 e. The molecule has 0 amide bonds. The molecule has 0 saturated carbocycles. The summed E-state index contributed by atoms with van der Waals surface area (Å²) in [4.78, 5) is 37.7. The average Bonchev–Trinajstić information content (AvgIpc) is 1.55. The molecule has 0 fully saturated rings. The van der Waals surface area contributed by atoms with Crippen molar-refractivity contribution in [2.75, 3.05) is 0 Å². The summed E-state index contributed by atoms with van der Waals surface area (Å²) in [6, 6.07) is 31.0. The molecule has 0 unspecified atom stereocenters. The van der Waals surface area contributed by atoms with Gasteiger partial charge in [0, 0.05) is 71.8 Å². The Balaban J connectivity index is 0.0000000938. The quantitative estimate of drug-likeness (QED) is 0.137. The number of nitrogens with zero attached hydrogens (tertiary/aromatic N) is 18. The molecule has 0 saturated heterocycles. The third-order valence-corrected chi connectivity index (χ3v) is 17.5. The molecule has 82 heavy (non-hydrogen) atoms. The van der Waals surface area contributed by atoms with E-state index >= 15 is 0 Å². The Morgan fingerprint density at radius 3 is 1.38 bits per heavy atom. The van der Waals surface area contributed by atoms with Gasteiger partial charge < -0.3 is 4.42 Å². The lowest BCUT2D eigenvalue weighted by molar-refractivity contribution is -0.652. The van der Waals surface area contributed by atoms with E-state index in [4.69, 9.17) is 16.8 Å². The predicted octanol–water partition coefficient (Wildman–Crippen LogP) is 8.08. The van der Waals surface area contributed by atoms with E-state index in [2.05, 4.69) is 90.4 Å². The second-order valence-electron chi connectivity index (χ2n) is 20.7. The first-order valence-electron chi connectivity index (χ1n) is 31.0. The van der Waals surface area contributed by atoms with Gasteiger partial charge in [-0.05, 0) is 72.8 Å². The Labute approximate surface area is 482 Å². The second-order valence-corrected chi connectivity index (χ2v) is 21.7. The number of imidazole rings is 4. The highest BCUT2D eigenvalue weighted by Gasteiger charge is 2.40. The van der Waals surface area contributed by atoms with E-state index in [1.807, 2.05) is 95.4 Å². The predicted molar refractivity (Wildman–Crippen MR) is 311 cm³/mol. The van der Waals surface area contributed by atoms with Crippen molar-refractivity contribution in [1.82, 2.24) is 67.3 Å². The maximum atomic E-state index is 8.11. The van der Waals surface area contributed by atoms with Crippen molar-refractivity contribution in [2.45, 2.75) is 26.2 Å². The molecule has 0 aliphatic carbocycles. The standard InChI is InChI=1S/2C16H14N5.C15H11N4O.C15H11N4S/c2*1-19-13-11-6-4-8-18-14(11)20(2)16(13)21-9-10-5-3-7-17-12(10)15(19)21;2*1-18-12-10-5-3-7-17-13(10)20-15(12)19-8-9-4-2-6-16-11(9)14(18)19/h2*3-8H,9H2,1-2H3;2*2-7H,8H2,1H3/q4*+1/i1D3,2D3;1D3;;. The van der Waals surface area contributed by atoms with Crippen molar-refractivity contribution in [2.24, 2.45) is 42.1 Å². The molecule has 20 heteroatoms. The molecule has 0 aromatic carbocycles. The summed E-state index contributed by atoms with van der Waals surface area (Å²) in [6.45, 7) is -4.66. The Kier molecular flexibility index (Phi) is 7.98. The Morgan fingerprint density at radius 1 is 0.402 bits per heavy atom. The van der Waals surface area contributed by atoms with Crippen LogP contribution in [0.2, 0.25) is 0 Å². The van der Waals surface area contributed by atoms with E-state index in [-0.39, 0.29) is 5.65 Å². The zero-order valence-electron chi connectivity index (χ0n) is 53.1. The number of rotatable bonds is 0. The molecular weight excluding hydrogens is 1040 g/mol. The molecule has 16 aromatic rings. The summed E-state index contributed by atoms with van der Waals surface area (Å²) in [5, 5.41) is 3.60. The van der Waals surface area contributed by atoms with E-state index in [0.29, 0.717) is 58.2 Å². The summed E-state index contributed by atoms with van der Waals surface area (Å²) in [5.41, 5.74) is 15.0. The zero-order chi connectivity index (χ0) is 62.3. The molecule has 16 aromatic heterocycles. The highest BCUT2D eigenvalue weighted by atomic mass is 32.1. The highest BCUT2D eigenvalue weighted by Crippen LogP contribution is 2.39. The molecule has 396 valence electrons. The third-order valence-electron chi connectivity index (χ3n) is 16.3. The van der Waals surface area contributed by atoms with Crippen LogP contribution in [0.4, 0.5) is 0 Å². The number of fused-ring (bicyclic) bond motifs is 28. The first-order chi connectivity index (χ1) is 43.9. The summed E-state index contributed by atoms with van der Waals surface area (Å²) in [7, 11) is 6.10. The number of hydrogen-bond donors (Lipinski definition) is 0. The van der Waals surface area contributed by atoms with Gasteiger partial charge in [-0.2, -0.15) is 4.57 Å². The molecular formula is C62H50N18OS+4. The van der Waals surface area contributed by atoms with Crippen LogP contribution < -0.4 is 18.3 Å². The van der Waals surface area contributed by atoms with Gasteiger partial charge in [0.2, 0.25) is 27.4 Å². The van der Waals surface area contributed by atoms with Crippen LogP contribution in [0.25, 0.3) is 133 Å². The van der Waals surface area contributed by atoms with Crippen LogP contribution in [0.15, 0.2) is 151 Å². The molecule has 0 atom stereocenters. The fraction of sp³-hybridized carbons (Fsp3) is 0.161. The molecule has 0 radical (unpaired) electrons. The summed E-state index contributed by atoms with van der Waals surface area (Å²) < 4.78 is 97.1. The SMILES string of the molecule is Cn1c2[n+](c3oc4ncccc4c31)Cc1cccnc1-2.Cn1c2[n+](c3sc4ncccc4c31)Cc1cccnc1-2.[2H]C([2H])([2H])n1c2[n+](c3c1c1cccnc1n3C([2H])([2H])[2H])Cc1cccnc1-2.[2H]C([2H])([2H])n1c2[n+](c3c1c1cccnc1n3C)Cc1cccnc1-2. The van der Waals surface area contributed by atoms with Crippen LogP contribution in [-0.4, -0.2) is 67.3 Å². The lowest BCUT2D eigenvalue weighted by Gasteiger charge is -1.96. The van der Waals surface area contributed by atoms with E-state index in [9.17, 15) is 0 Å². The van der Waals surface area contributed by atoms with Gasteiger partial charge in [0.05, 0.1) is 89.0 Å². The monoisotopic (exact) mass is 1100 g/mol. The molecule has 20 rings (SSSR count). The van der Waals surface area contributed by atoms with E-state index < -0.39 is 20.9 Å². The van der Waals surface area contributed by atoms with Crippen LogP contribution in [0.3, 0.4) is 0 Å². The molecule has 4 aliphatic rings. The number of furan rings is 1. The van der Waals surface area contributed by atoms with Crippen LogP contribution in [-0.2, 0) is 68.2 Å². The first kappa shape index (κ1) is 38.3. The van der Waals surface area contributed by atoms with E-state index in [0.717, 1.165) is 89.8 Å². The summed E-state index contributed by atoms with van der Waals surface area (Å²) in [6.07, 6.45) is 13.9. The van der Waals surface area contributed by atoms with Crippen LogP contribution in [0.1, 0.15) is 34.6 Å². The van der Waals surface area contributed by atoms with Gasteiger partial charge in [0.25, 0.3) is 22.9 Å². The number of aromatic nitrogens is 18. The van der Waals surface area contributed by atoms with Crippen LogP contribution in [0, 0.1) is 0 Å². The van der Waals surface area contributed by atoms with Gasteiger partial charge in [-0.25, -0.2) is 71.8 Å². The minimum absolute atomic E-state index is 0.236. The molecule has 0 spiro atoms. The third kappa shape index (κ3) is 6.23. The summed E-state index contributed by atoms with van der Waals surface area (Å²) >= 11 is 1.76. The Bertz CT molecular complexity index is 5610. The van der Waals surface area contributed by atoms with E-state index in [1.54, 1.807) is 58.9 Å². The lowest BCUT2D eigenvalue weighted by Crippen LogP contribution is -2.33. The molecule has 20 heterocycles. The van der Waals surface area contributed by atoms with Crippen LogP contribution in [0.5, 0.6) is 0 Å². The number of thiophene rings is 1. The largest absolute Gasteiger partial charge is 0.400 e. The van der Waals surface area contributed by atoms with Gasteiger partial charge >= 0.3 is 17.4 Å². The van der Waals surface area contributed by atoms with Crippen molar-refractivity contribution < 1.29 is 35.0 Å². The minimum atomic E-state index is -2.52. The maximum absolute atomic E-state index is 8.11. The topological polar surface area (TPSA) is 161 Å². The fourth-order valence-corrected chi connectivity index (χ4v) is 14.1. The fourth-order valence-electron chi connectivity index (χ4n) is 12.9. The van der Waals surface area contributed by atoms with Crippen molar-refractivity contribution in [3.8, 4) is 46.1 Å². The molecule has 4 aliphatic heterocycles. The first-order valence-corrected chi connectivity index (χ1v) is 27.3. The Hall–Kier alpha value is -10.3. The number of hydrogen-bond acceptors (Lipinski definition) is 10.